The first-order chi connectivity index (χ1) is 5.79. The third-order valence-electron chi connectivity index (χ3n) is 2.17. The van der Waals surface area contributed by atoms with Crippen molar-refractivity contribution in [1.29, 1.82) is 0 Å². The van der Waals surface area contributed by atoms with Gasteiger partial charge in [0.25, 0.3) is 0 Å². The summed E-state index contributed by atoms with van der Waals surface area (Å²) in [5, 5.41) is 0. The number of alkyl halides is 1. The highest BCUT2D eigenvalue weighted by atomic mass is 35.5. The molecule has 1 atom stereocenters. The van der Waals surface area contributed by atoms with E-state index in [2.05, 4.69) is 0 Å². The average molecular weight is 192 g/mol. The van der Waals surface area contributed by atoms with Gasteiger partial charge in [0.05, 0.1) is 12.6 Å². The highest BCUT2D eigenvalue weighted by molar-refractivity contribution is 6.27. The van der Waals surface area contributed by atoms with E-state index >= 15 is 0 Å². The topological polar surface area (TPSA) is 29.5 Å². The number of carbonyl (C=O) groups is 1. The van der Waals surface area contributed by atoms with Gasteiger partial charge >= 0.3 is 0 Å². The van der Waals surface area contributed by atoms with Crippen LogP contribution in [0.3, 0.4) is 0 Å². The summed E-state index contributed by atoms with van der Waals surface area (Å²) in [6, 6.07) is 0.251. The van der Waals surface area contributed by atoms with Crippen molar-refractivity contribution in [3.05, 3.63) is 0 Å². The lowest BCUT2D eigenvalue weighted by Gasteiger charge is -2.22. The quantitative estimate of drug-likeness (QED) is 0.620. The molecule has 0 aromatic carbocycles. The Balaban J connectivity index is 2.45. The largest absolute Gasteiger partial charge is 0.383 e. The summed E-state index contributed by atoms with van der Waals surface area (Å²) in [7, 11) is 1.65. The number of rotatable bonds is 3. The maximum Gasteiger partial charge on any atom is 0.237 e. The van der Waals surface area contributed by atoms with Crippen LogP contribution in [0.4, 0.5) is 0 Å². The van der Waals surface area contributed by atoms with Gasteiger partial charge in [0.2, 0.25) is 5.91 Å². The number of hydrogen-bond acceptors (Lipinski definition) is 2. The van der Waals surface area contributed by atoms with Gasteiger partial charge in [-0.3, -0.25) is 4.79 Å². The molecule has 0 aromatic rings. The minimum atomic E-state index is 0.0243. The molecule has 0 spiro atoms. The van der Waals surface area contributed by atoms with Crippen LogP contribution in [0.2, 0.25) is 0 Å². The highest BCUT2D eigenvalue weighted by Crippen LogP contribution is 2.17. The second kappa shape index (κ2) is 4.67. The van der Waals surface area contributed by atoms with Crippen molar-refractivity contribution in [2.45, 2.75) is 18.9 Å². The monoisotopic (exact) mass is 191 g/mol. The fourth-order valence-corrected chi connectivity index (χ4v) is 1.76. The van der Waals surface area contributed by atoms with Gasteiger partial charge in [0, 0.05) is 13.7 Å². The van der Waals surface area contributed by atoms with E-state index in [4.69, 9.17) is 16.3 Å². The molecule has 4 heteroatoms. The summed E-state index contributed by atoms with van der Waals surface area (Å²) >= 11 is 5.47. The fraction of sp³-hybridized carbons (Fsp3) is 0.875. The number of carbonyl (C=O) groups excluding carboxylic acids is 1. The number of ether oxygens (including phenoxy) is 1. The second-order valence-corrected chi connectivity index (χ2v) is 3.24. The molecule has 0 bridgehead atoms. The van der Waals surface area contributed by atoms with Crippen molar-refractivity contribution in [2.75, 3.05) is 26.1 Å². The number of nitrogens with zero attached hydrogens (tertiary/aromatic N) is 1. The molecular weight excluding hydrogens is 178 g/mol. The van der Waals surface area contributed by atoms with Crippen molar-refractivity contribution in [1.82, 2.24) is 4.90 Å². The molecule has 1 fully saturated rings. The molecule has 12 heavy (non-hydrogen) atoms. The molecule has 1 rings (SSSR count). The summed E-state index contributed by atoms with van der Waals surface area (Å²) in [6.45, 7) is 1.46. The summed E-state index contributed by atoms with van der Waals surface area (Å²) in [5.74, 6) is 0.108. The van der Waals surface area contributed by atoms with Crippen LogP contribution in [0.15, 0.2) is 0 Å². The van der Waals surface area contributed by atoms with Gasteiger partial charge in [-0.2, -0.15) is 0 Å². The number of halogens is 1. The van der Waals surface area contributed by atoms with E-state index < -0.39 is 0 Å². The van der Waals surface area contributed by atoms with Gasteiger partial charge in [-0.15, -0.1) is 11.6 Å². The van der Waals surface area contributed by atoms with Gasteiger partial charge in [0.15, 0.2) is 0 Å². The molecule has 0 aromatic heterocycles. The Labute approximate surface area is 77.6 Å². The molecule has 1 aliphatic rings. The van der Waals surface area contributed by atoms with Crippen molar-refractivity contribution in [2.24, 2.45) is 0 Å². The van der Waals surface area contributed by atoms with Crippen molar-refractivity contribution in [3.63, 3.8) is 0 Å². The molecule has 0 N–H and O–H groups in total. The molecule has 1 saturated heterocycles. The van der Waals surface area contributed by atoms with Gasteiger partial charge in [-0.1, -0.05) is 0 Å². The lowest BCUT2D eigenvalue weighted by molar-refractivity contribution is -0.130. The minimum Gasteiger partial charge on any atom is -0.383 e. The summed E-state index contributed by atoms with van der Waals surface area (Å²) in [4.78, 5) is 13.1. The third-order valence-corrected chi connectivity index (χ3v) is 2.40. The van der Waals surface area contributed by atoms with E-state index in [1.165, 1.54) is 0 Å². The molecule has 1 aliphatic heterocycles. The second-order valence-electron chi connectivity index (χ2n) is 2.97. The molecule has 1 heterocycles. The molecule has 0 aliphatic carbocycles. The standard InChI is InChI=1S/C8H14ClNO2/c1-12-6-7-3-2-4-10(7)8(11)5-9/h7H,2-6H2,1H3/t7-/m1/s1. The Morgan fingerprint density at radius 3 is 3.08 bits per heavy atom. The number of methoxy groups -OCH3 is 1. The molecule has 3 nitrogen and oxygen atoms in total. The molecule has 1 amide bonds. The Bertz CT molecular complexity index is 163. The van der Waals surface area contributed by atoms with Crippen molar-refractivity contribution < 1.29 is 9.53 Å². The Morgan fingerprint density at radius 1 is 1.75 bits per heavy atom. The van der Waals surface area contributed by atoms with Crippen LogP contribution < -0.4 is 0 Å². The van der Waals surface area contributed by atoms with Crippen LogP contribution in [-0.4, -0.2) is 43.0 Å². The number of amides is 1. The Kier molecular flexibility index (Phi) is 3.82. The summed E-state index contributed by atoms with van der Waals surface area (Å²) < 4.78 is 5.01. The SMILES string of the molecule is COC[C@H]1CCCN1C(=O)CCl. The van der Waals surface area contributed by atoms with Crippen LogP contribution in [0.1, 0.15) is 12.8 Å². The first kappa shape index (κ1) is 9.81. The van der Waals surface area contributed by atoms with E-state index in [0.29, 0.717) is 6.61 Å². The van der Waals surface area contributed by atoms with E-state index in [1.54, 1.807) is 7.11 Å². The zero-order valence-electron chi connectivity index (χ0n) is 7.25. The van der Waals surface area contributed by atoms with Crippen LogP contribution in [0.5, 0.6) is 0 Å². The first-order valence-corrected chi connectivity index (χ1v) is 4.67. The van der Waals surface area contributed by atoms with Gasteiger partial charge in [-0.05, 0) is 12.8 Å². The normalized spacial score (nSPS) is 23.2. The zero-order valence-corrected chi connectivity index (χ0v) is 8.01. The molecule has 0 unspecified atom stereocenters. The van der Waals surface area contributed by atoms with Crippen molar-refractivity contribution in [3.8, 4) is 0 Å². The predicted molar refractivity (Wildman–Crippen MR) is 47.3 cm³/mol. The number of likely N-dealkylation sites (tertiary alicyclic amines) is 1. The number of hydrogen-bond donors (Lipinski definition) is 0. The van der Waals surface area contributed by atoms with E-state index in [1.807, 2.05) is 4.90 Å². The molecule has 0 radical (unpaired) electrons. The first-order valence-electron chi connectivity index (χ1n) is 4.14. The van der Waals surface area contributed by atoms with Crippen LogP contribution in [0, 0.1) is 0 Å². The van der Waals surface area contributed by atoms with E-state index in [-0.39, 0.29) is 17.8 Å². The zero-order chi connectivity index (χ0) is 8.97. The smallest absolute Gasteiger partial charge is 0.237 e. The van der Waals surface area contributed by atoms with Crippen LogP contribution in [0.25, 0.3) is 0 Å². The Morgan fingerprint density at radius 2 is 2.50 bits per heavy atom. The van der Waals surface area contributed by atoms with E-state index in [9.17, 15) is 4.79 Å². The minimum absolute atomic E-state index is 0.0243. The summed E-state index contributed by atoms with van der Waals surface area (Å²) in [5.41, 5.74) is 0. The predicted octanol–water partition coefficient (Wildman–Crippen LogP) is 0.863. The lowest BCUT2D eigenvalue weighted by atomic mass is 10.2. The van der Waals surface area contributed by atoms with Crippen LogP contribution in [-0.2, 0) is 9.53 Å². The van der Waals surface area contributed by atoms with Crippen LogP contribution >= 0.6 is 11.6 Å². The highest BCUT2D eigenvalue weighted by Gasteiger charge is 2.27. The molecule has 0 saturated carbocycles. The van der Waals surface area contributed by atoms with Crippen molar-refractivity contribution >= 4 is 17.5 Å². The lowest BCUT2D eigenvalue weighted by Crippen LogP contribution is -2.38. The third kappa shape index (κ3) is 2.11. The summed E-state index contributed by atoms with van der Waals surface area (Å²) in [6.07, 6.45) is 2.10. The maximum atomic E-state index is 11.2. The fourth-order valence-electron chi connectivity index (χ4n) is 1.61. The van der Waals surface area contributed by atoms with Gasteiger partial charge in [0.1, 0.15) is 5.88 Å². The van der Waals surface area contributed by atoms with E-state index in [0.717, 1.165) is 19.4 Å². The average Bonchev–Trinajstić information content (AvgIpc) is 2.52. The van der Waals surface area contributed by atoms with Gasteiger partial charge in [-0.25, -0.2) is 0 Å². The Hall–Kier alpha value is -0.280. The van der Waals surface area contributed by atoms with Gasteiger partial charge < -0.3 is 9.64 Å². The molecular formula is C8H14ClNO2. The maximum absolute atomic E-state index is 11.2. The molecule has 70 valence electrons.